The summed E-state index contributed by atoms with van der Waals surface area (Å²) in [5.41, 5.74) is 2.55. The van der Waals surface area contributed by atoms with E-state index < -0.39 is 0 Å². The van der Waals surface area contributed by atoms with Gasteiger partial charge in [0.2, 0.25) is 0 Å². The lowest BCUT2D eigenvalue weighted by Crippen LogP contribution is -1.91. The molecule has 2 rings (SSSR count). The summed E-state index contributed by atoms with van der Waals surface area (Å²) in [7, 11) is 0. The van der Waals surface area contributed by atoms with Crippen LogP contribution in [-0.4, -0.2) is 0 Å². The van der Waals surface area contributed by atoms with Crippen LogP contribution < -0.4 is 0 Å². The molecule has 0 unspecified atom stereocenters. The molecule has 0 heterocycles. The van der Waals surface area contributed by atoms with E-state index in [1.165, 1.54) is 11.1 Å². The lowest BCUT2D eigenvalue weighted by Gasteiger charge is -2.08. The highest BCUT2D eigenvalue weighted by atomic mass is 79.9. The van der Waals surface area contributed by atoms with Crippen molar-refractivity contribution < 1.29 is 0 Å². The molecule has 0 fully saturated rings. The topological polar surface area (TPSA) is 0 Å². The van der Waals surface area contributed by atoms with E-state index in [1.54, 1.807) is 0 Å². The van der Waals surface area contributed by atoms with Crippen LogP contribution in [0.15, 0.2) is 54.3 Å². The largest absolute Gasteiger partial charge is 0.0565 e. The Morgan fingerprint density at radius 3 is 1.41 bits per heavy atom. The van der Waals surface area contributed by atoms with Crippen LogP contribution in [0.25, 0.3) is 0 Å². The monoisotopic (exact) mass is 480 g/mol. The molecule has 2 aromatic carbocycles. The van der Waals surface area contributed by atoms with Gasteiger partial charge in [-0.1, -0.05) is 75.9 Å². The van der Waals surface area contributed by atoms with E-state index >= 15 is 0 Å². The van der Waals surface area contributed by atoms with Crippen molar-refractivity contribution in [1.29, 1.82) is 0 Å². The van der Waals surface area contributed by atoms with E-state index in [0.29, 0.717) is 0 Å². The third-order valence-electron chi connectivity index (χ3n) is 2.41. The van der Waals surface area contributed by atoms with Gasteiger partial charge in [-0.05, 0) is 41.8 Å². The van der Waals surface area contributed by atoms with Gasteiger partial charge in [0.1, 0.15) is 0 Å². The van der Waals surface area contributed by atoms with E-state index in [1.807, 2.05) is 0 Å². The highest BCUT2D eigenvalue weighted by molar-refractivity contribution is 9.11. The van der Waals surface area contributed by atoms with E-state index in [0.717, 1.165) is 24.3 Å². The predicted molar refractivity (Wildman–Crippen MR) is 86.5 cm³/mol. The van der Waals surface area contributed by atoms with Gasteiger partial charge in [-0.15, -0.1) is 0 Å². The van der Waals surface area contributed by atoms with Crippen LogP contribution in [0.2, 0.25) is 0 Å². The molecule has 0 saturated carbocycles. The summed E-state index contributed by atoms with van der Waals surface area (Å²) in [5, 5.41) is 0. The van der Waals surface area contributed by atoms with Crippen LogP contribution in [-0.2, 0) is 6.42 Å². The summed E-state index contributed by atoms with van der Waals surface area (Å²) in [6, 6.07) is 12.5. The first-order valence-electron chi connectivity index (χ1n) is 4.94. The fourth-order valence-electron chi connectivity index (χ4n) is 1.54. The maximum Gasteiger partial charge on any atom is 0.0221 e. The van der Waals surface area contributed by atoms with Crippen LogP contribution in [0.5, 0.6) is 0 Å². The minimum Gasteiger partial charge on any atom is -0.0565 e. The Balaban J connectivity index is 2.31. The van der Waals surface area contributed by atoms with Crippen molar-refractivity contribution >= 4 is 63.7 Å². The van der Waals surface area contributed by atoms with Crippen molar-refractivity contribution in [3.63, 3.8) is 0 Å². The molecule has 0 saturated heterocycles. The summed E-state index contributed by atoms with van der Waals surface area (Å²) >= 11 is 14.1. The molecule has 0 amide bonds. The zero-order valence-corrected chi connectivity index (χ0v) is 15.0. The molecule has 17 heavy (non-hydrogen) atoms. The minimum absolute atomic E-state index is 0.904. The van der Waals surface area contributed by atoms with Gasteiger partial charge in [-0.25, -0.2) is 0 Å². The molecule has 0 bridgehead atoms. The van der Waals surface area contributed by atoms with Crippen LogP contribution in [0.3, 0.4) is 0 Å². The van der Waals surface area contributed by atoms with Crippen LogP contribution in [0.4, 0.5) is 0 Å². The Morgan fingerprint density at radius 1 is 0.647 bits per heavy atom. The van der Waals surface area contributed by atoms with Gasteiger partial charge in [0.05, 0.1) is 0 Å². The maximum atomic E-state index is 3.59. The summed E-state index contributed by atoms with van der Waals surface area (Å²) in [6.07, 6.45) is 0.904. The Hall–Kier alpha value is 0.360. The molecule has 4 heteroatoms. The van der Waals surface area contributed by atoms with Crippen molar-refractivity contribution in [1.82, 2.24) is 0 Å². The van der Waals surface area contributed by atoms with E-state index in [-0.39, 0.29) is 0 Å². The average molecular weight is 484 g/mol. The molecule has 88 valence electrons. The number of rotatable bonds is 2. The van der Waals surface area contributed by atoms with Crippen molar-refractivity contribution in [2.24, 2.45) is 0 Å². The Kier molecular flexibility index (Phi) is 4.87. The van der Waals surface area contributed by atoms with Gasteiger partial charge < -0.3 is 0 Å². The van der Waals surface area contributed by atoms with Crippen molar-refractivity contribution in [2.45, 2.75) is 6.42 Å². The number of hydrogen-bond donors (Lipinski definition) is 0. The third kappa shape index (κ3) is 3.66. The molecule has 0 N–H and O–H groups in total. The average Bonchev–Trinajstić information content (AvgIpc) is 2.25. The molecule has 0 radical (unpaired) electrons. The Morgan fingerprint density at radius 2 is 1.06 bits per heavy atom. The van der Waals surface area contributed by atoms with Crippen LogP contribution >= 0.6 is 63.7 Å². The first-order chi connectivity index (χ1) is 8.06. The molecule has 0 spiro atoms. The number of benzene rings is 2. The molecule has 0 atom stereocenters. The van der Waals surface area contributed by atoms with Crippen LogP contribution in [0, 0.1) is 0 Å². The van der Waals surface area contributed by atoms with Gasteiger partial charge in [-0.2, -0.15) is 0 Å². The second-order valence-electron chi connectivity index (χ2n) is 3.65. The van der Waals surface area contributed by atoms with Crippen molar-refractivity contribution in [3.8, 4) is 0 Å². The van der Waals surface area contributed by atoms with E-state index in [4.69, 9.17) is 0 Å². The van der Waals surface area contributed by atoms with Crippen molar-refractivity contribution in [2.75, 3.05) is 0 Å². The zero-order valence-electron chi connectivity index (χ0n) is 8.68. The summed E-state index contributed by atoms with van der Waals surface area (Å²) < 4.78 is 4.43. The number of halogens is 4. The Labute approximate surface area is 134 Å². The molecule has 0 aliphatic heterocycles. The molecule has 2 aromatic rings. The summed E-state index contributed by atoms with van der Waals surface area (Å²) in [5.74, 6) is 0. The second-order valence-corrected chi connectivity index (χ2v) is 7.19. The zero-order chi connectivity index (χ0) is 12.4. The minimum atomic E-state index is 0.904. The molecule has 0 nitrogen and oxygen atoms in total. The fraction of sp³-hybridized carbons (Fsp3) is 0.0769. The summed E-state index contributed by atoms with van der Waals surface area (Å²) in [4.78, 5) is 0. The fourth-order valence-corrected chi connectivity index (χ4v) is 3.91. The summed E-state index contributed by atoms with van der Waals surface area (Å²) in [6.45, 7) is 0. The molecular formula is C13H8Br4. The predicted octanol–water partition coefficient (Wildman–Crippen LogP) is 6.33. The van der Waals surface area contributed by atoms with E-state index in [2.05, 4.69) is 100 Å². The normalized spacial score (nSPS) is 10.6. The van der Waals surface area contributed by atoms with Gasteiger partial charge in [0, 0.05) is 17.9 Å². The number of hydrogen-bond acceptors (Lipinski definition) is 0. The highest BCUT2D eigenvalue weighted by Gasteiger charge is 2.05. The SMILES string of the molecule is Brc1ccc(Cc2ccc(Br)cc2Br)c(Br)c1. The Bertz CT molecular complexity index is 500. The molecule has 0 aliphatic rings. The second kappa shape index (κ2) is 6.00. The molecule has 0 aromatic heterocycles. The lowest BCUT2D eigenvalue weighted by molar-refractivity contribution is 1.16. The highest BCUT2D eigenvalue weighted by Crippen LogP contribution is 2.28. The maximum absolute atomic E-state index is 3.59. The van der Waals surface area contributed by atoms with Crippen LogP contribution in [0.1, 0.15) is 11.1 Å². The first-order valence-corrected chi connectivity index (χ1v) is 8.11. The van der Waals surface area contributed by atoms with Gasteiger partial charge >= 0.3 is 0 Å². The lowest BCUT2D eigenvalue weighted by atomic mass is 10.1. The standard InChI is InChI=1S/C13H8Br4/c14-10-3-1-8(12(16)6-10)5-9-2-4-11(15)7-13(9)17/h1-4,6-7H,5H2. The van der Waals surface area contributed by atoms with Crippen molar-refractivity contribution in [3.05, 3.63) is 65.4 Å². The smallest absolute Gasteiger partial charge is 0.0221 e. The quantitative estimate of drug-likeness (QED) is 0.468. The molecular weight excluding hydrogens is 476 g/mol. The molecule has 0 aliphatic carbocycles. The van der Waals surface area contributed by atoms with Gasteiger partial charge in [0.15, 0.2) is 0 Å². The first kappa shape index (κ1) is 13.8. The third-order valence-corrected chi connectivity index (χ3v) is 4.87. The van der Waals surface area contributed by atoms with Gasteiger partial charge in [-0.3, -0.25) is 0 Å². The van der Waals surface area contributed by atoms with Gasteiger partial charge in [0.25, 0.3) is 0 Å². The van der Waals surface area contributed by atoms with E-state index in [9.17, 15) is 0 Å².